The van der Waals surface area contributed by atoms with Crippen LogP contribution in [0.25, 0.3) is 0 Å². The molecule has 1 aromatic carbocycles. The maximum Gasteiger partial charge on any atom is 0.245 e. The quantitative estimate of drug-likeness (QED) is 0.551. The van der Waals surface area contributed by atoms with E-state index in [1.807, 2.05) is 31.2 Å². The lowest BCUT2D eigenvalue weighted by Gasteiger charge is -2.20. The molecule has 0 saturated heterocycles. The number of halogens is 1. The molecule has 0 aliphatic rings. The van der Waals surface area contributed by atoms with Crippen molar-refractivity contribution >= 4 is 27.5 Å². The highest BCUT2D eigenvalue weighted by atomic mass is 35.5. The summed E-state index contributed by atoms with van der Waals surface area (Å²) in [5.74, 6) is -0.00976. The molecule has 1 amide bonds. The SMILES string of the molecule is Cc1ccc(CNC(=O)CN(Cc2ccco2)S(=O)(=O)c2ccc(Cl)nc2)cc1. The molecule has 29 heavy (non-hydrogen) atoms. The first-order valence-electron chi connectivity index (χ1n) is 8.81. The van der Waals surface area contributed by atoms with Crippen LogP contribution in [-0.4, -0.2) is 30.2 Å². The van der Waals surface area contributed by atoms with Crippen LogP contribution in [0.3, 0.4) is 0 Å². The van der Waals surface area contributed by atoms with E-state index in [0.717, 1.165) is 21.6 Å². The highest BCUT2D eigenvalue weighted by molar-refractivity contribution is 7.89. The number of sulfonamides is 1. The van der Waals surface area contributed by atoms with Crippen molar-refractivity contribution in [3.05, 3.63) is 83.0 Å². The number of amides is 1. The van der Waals surface area contributed by atoms with Gasteiger partial charge in [0, 0.05) is 12.7 Å². The molecule has 9 heteroatoms. The van der Waals surface area contributed by atoms with Gasteiger partial charge in [-0.2, -0.15) is 4.31 Å². The normalized spacial score (nSPS) is 11.6. The molecule has 0 fully saturated rings. The van der Waals surface area contributed by atoms with Crippen LogP contribution >= 0.6 is 11.6 Å². The van der Waals surface area contributed by atoms with Gasteiger partial charge in [0.15, 0.2) is 0 Å². The number of carbonyl (C=O) groups is 1. The van der Waals surface area contributed by atoms with E-state index in [4.69, 9.17) is 16.0 Å². The summed E-state index contributed by atoms with van der Waals surface area (Å²) in [6.45, 7) is 1.83. The molecule has 0 aliphatic heterocycles. The number of nitrogens with one attached hydrogen (secondary N) is 1. The second kappa shape index (κ2) is 9.21. The van der Waals surface area contributed by atoms with E-state index in [1.54, 1.807) is 12.1 Å². The summed E-state index contributed by atoms with van der Waals surface area (Å²) >= 11 is 5.75. The Labute approximate surface area is 174 Å². The number of hydrogen-bond acceptors (Lipinski definition) is 5. The predicted molar refractivity (Wildman–Crippen MR) is 109 cm³/mol. The summed E-state index contributed by atoms with van der Waals surface area (Å²) in [5, 5.41) is 2.93. The average molecular weight is 434 g/mol. The number of benzene rings is 1. The van der Waals surface area contributed by atoms with Crippen LogP contribution in [0.15, 0.2) is 70.3 Å². The second-order valence-corrected chi connectivity index (χ2v) is 8.76. The second-order valence-electron chi connectivity index (χ2n) is 6.43. The molecule has 0 aliphatic carbocycles. The Morgan fingerprint density at radius 2 is 1.93 bits per heavy atom. The molecule has 0 atom stereocenters. The van der Waals surface area contributed by atoms with Gasteiger partial charge in [0.2, 0.25) is 15.9 Å². The van der Waals surface area contributed by atoms with Gasteiger partial charge in [-0.1, -0.05) is 41.4 Å². The molecule has 0 unspecified atom stereocenters. The van der Waals surface area contributed by atoms with Gasteiger partial charge in [-0.25, -0.2) is 13.4 Å². The maximum absolute atomic E-state index is 13.0. The summed E-state index contributed by atoms with van der Waals surface area (Å²) in [7, 11) is -3.99. The molecule has 152 valence electrons. The van der Waals surface area contributed by atoms with E-state index in [-0.39, 0.29) is 23.1 Å². The van der Waals surface area contributed by atoms with Gasteiger partial charge in [-0.15, -0.1) is 0 Å². The lowest BCUT2D eigenvalue weighted by atomic mass is 10.1. The van der Waals surface area contributed by atoms with Crippen molar-refractivity contribution in [2.24, 2.45) is 0 Å². The molecule has 2 aromatic heterocycles. The smallest absolute Gasteiger partial charge is 0.245 e. The fraction of sp³-hybridized carbons (Fsp3) is 0.200. The minimum absolute atomic E-state index is 0.0557. The highest BCUT2D eigenvalue weighted by Gasteiger charge is 2.28. The molecule has 0 spiro atoms. The van der Waals surface area contributed by atoms with Crippen molar-refractivity contribution < 1.29 is 17.6 Å². The van der Waals surface area contributed by atoms with Crippen LogP contribution in [-0.2, 0) is 27.9 Å². The third-order valence-corrected chi connectivity index (χ3v) is 6.18. The third kappa shape index (κ3) is 5.66. The van der Waals surface area contributed by atoms with E-state index in [9.17, 15) is 13.2 Å². The Bertz CT molecular complexity index is 1050. The molecule has 7 nitrogen and oxygen atoms in total. The predicted octanol–water partition coefficient (Wildman–Crippen LogP) is 3.14. The van der Waals surface area contributed by atoms with E-state index in [2.05, 4.69) is 10.3 Å². The zero-order valence-corrected chi connectivity index (χ0v) is 17.3. The van der Waals surface area contributed by atoms with Gasteiger partial charge in [0.05, 0.1) is 19.4 Å². The van der Waals surface area contributed by atoms with Crippen molar-refractivity contribution in [3.63, 3.8) is 0 Å². The van der Waals surface area contributed by atoms with Crippen LogP contribution in [0.5, 0.6) is 0 Å². The van der Waals surface area contributed by atoms with E-state index in [0.29, 0.717) is 12.3 Å². The molecule has 3 aromatic rings. The number of pyridine rings is 1. The van der Waals surface area contributed by atoms with Crippen molar-refractivity contribution in [2.45, 2.75) is 24.9 Å². The van der Waals surface area contributed by atoms with Gasteiger partial charge in [-0.3, -0.25) is 4.79 Å². The number of furan rings is 1. The number of hydrogen-bond donors (Lipinski definition) is 1. The lowest BCUT2D eigenvalue weighted by Crippen LogP contribution is -2.40. The number of carbonyl (C=O) groups excluding carboxylic acids is 1. The fourth-order valence-electron chi connectivity index (χ4n) is 2.59. The molecule has 2 heterocycles. The minimum atomic E-state index is -3.99. The van der Waals surface area contributed by atoms with Crippen LogP contribution in [0.2, 0.25) is 5.15 Å². The standard InChI is InChI=1S/C20H20ClN3O4S/c1-15-4-6-16(7-5-15)11-23-20(25)14-24(13-17-3-2-10-28-17)29(26,27)18-8-9-19(21)22-12-18/h2-10,12H,11,13-14H2,1H3,(H,23,25). The number of rotatable bonds is 8. The maximum atomic E-state index is 13.0. The number of aryl methyl sites for hydroxylation is 1. The Morgan fingerprint density at radius 3 is 2.55 bits per heavy atom. The first-order chi connectivity index (χ1) is 13.8. The molecule has 0 radical (unpaired) electrons. The summed E-state index contributed by atoms with van der Waals surface area (Å²) in [4.78, 5) is 16.2. The molecular weight excluding hydrogens is 414 g/mol. The molecule has 1 N–H and O–H groups in total. The van der Waals surface area contributed by atoms with Crippen LogP contribution < -0.4 is 5.32 Å². The van der Waals surface area contributed by atoms with Crippen LogP contribution in [0.4, 0.5) is 0 Å². The largest absolute Gasteiger partial charge is 0.468 e. The average Bonchev–Trinajstić information content (AvgIpc) is 3.20. The fourth-order valence-corrected chi connectivity index (χ4v) is 4.01. The Hall–Kier alpha value is -2.68. The molecule has 0 bridgehead atoms. The highest BCUT2D eigenvalue weighted by Crippen LogP contribution is 2.19. The van der Waals surface area contributed by atoms with Gasteiger partial charge in [0.25, 0.3) is 0 Å². The Morgan fingerprint density at radius 1 is 1.17 bits per heavy atom. The Balaban J connectivity index is 1.75. The number of aromatic nitrogens is 1. The lowest BCUT2D eigenvalue weighted by molar-refractivity contribution is -0.121. The zero-order valence-electron chi connectivity index (χ0n) is 15.7. The molecular formula is C20H20ClN3O4S. The molecule has 3 rings (SSSR count). The first kappa shape index (κ1) is 21.0. The number of nitrogens with zero attached hydrogens (tertiary/aromatic N) is 2. The van der Waals surface area contributed by atoms with Crippen molar-refractivity contribution in [1.82, 2.24) is 14.6 Å². The van der Waals surface area contributed by atoms with Gasteiger partial charge >= 0.3 is 0 Å². The zero-order chi connectivity index (χ0) is 20.9. The van der Waals surface area contributed by atoms with Gasteiger partial charge in [-0.05, 0) is 36.8 Å². The van der Waals surface area contributed by atoms with E-state index in [1.165, 1.54) is 18.4 Å². The molecule has 0 saturated carbocycles. The Kier molecular flexibility index (Phi) is 6.68. The van der Waals surface area contributed by atoms with Crippen LogP contribution in [0, 0.1) is 6.92 Å². The first-order valence-corrected chi connectivity index (χ1v) is 10.6. The van der Waals surface area contributed by atoms with Crippen LogP contribution in [0.1, 0.15) is 16.9 Å². The van der Waals surface area contributed by atoms with Crippen molar-refractivity contribution in [2.75, 3.05) is 6.54 Å². The summed E-state index contributed by atoms with van der Waals surface area (Å²) in [5.41, 5.74) is 2.04. The monoisotopic (exact) mass is 433 g/mol. The summed E-state index contributed by atoms with van der Waals surface area (Å²) < 4.78 is 32.4. The summed E-state index contributed by atoms with van der Waals surface area (Å²) in [6.07, 6.45) is 2.61. The van der Waals surface area contributed by atoms with E-state index >= 15 is 0 Å². The minimum Gasteiger partial charge on any atom is -0.468 e. The van der Waals surface area contributed by atoms with Gasteiger partial charge < -0.3 is 9.73 Å². The van der Waals surface area contributed by atoms with E-state index < -0.39 is 15.9 Å². The summed E-state index contributed by atoms with van der Waals surface area (Å²) in [6, 6.07) is 13.7. The topological polar surface area (TPSA) is 92.5 Å². The van der Waals surface area contributed by atoms with Crippen molar-refractivity contribution in [1.29, 1.82) is 0 Å². The third-order valence-electron chi connectivity index (χ3n) is 4.18. The van der Waals surface area contributed by atoms with Gasteiger partial charge in [0.1, 0.15) is 15.8 Å². The van der Waals surface area contributed by atoms with Crippen molar-refractivity contribution in [3.8, 4) is 0 Å².